The van der Waals surface area contributed by atoms with Gasteiger partial charge in [0.05, 0.1) is 0 Å². The molecule has 0 amide bonds. The van der Waals surface area contributed by atoms with Gasteiger partial charge in [0.25, 0.3) is 0 Å². The molecule has 2 heterocycles. The van der Waals surface area contributed by atoms with Crippen LogP contribution in [0.1, 0.15) is 20.8 Å². The number of carbonyl (C=O) groups is 4. The van der Waals surface area contributed by atoms with Crippen molar-refractivity contribution in [3.63, 3.8) is 0 Å². The maximum atomic E-state index is 11.5. The lowest BCUT2D eigenvalue weighted by atomic mass is 10.0. The number of hydrogen-bond acceptors (Lipinski definition) is 9. The summed E-state index contributed by atoms with van der Waals surface area (Å²) >= 11 is 0. The van der Waals surface area contributed by atoms with E-state index in [1.807, 2.05) is 0 Å². The molecule has 26 heavy (non-hydrogen) atoms. The zero-order valence-corrected chi connectivity index (χ0v) is 14.6. The van der Waals surface area contributed by atoms with Gasteiger partial charge in [-0.2, -0.15) is 0 Å². The molecule has 0 unspecified atom stereocenters. The lowest BCUT2D eigenvalue weighted by molar-refractivity contribution is -0.163. The third-order valence-corrected chi connectivity index (χ3v) is 3.47. The molecule has 2 aliphatic heterocycles. The van der Waals surface area contributed by atoms with Crippen molar-refractivity contribution in [2.45, 2.75) is 51.3 Å². The van der Waals surface area contributed by atoms with Gasteiger partial charge in [-0.05, 0) is 12.2 Å². The molecule has 0 radical (unpaired) electrons. The molecule has 0 aliphatic carbocycles. The predicted molar refractivity (Wildman–Crippen MR) is 84.6 cm³/mol. The highest BCUT2D eigenvalue weighted by Gasteiger charge is 2.50. The Morgan fingerprint density at radius 1 is 1.15 bits per heavy atom. The van der Waals surface area contributed by atoms with Crippen molar-refractivity contribution in [2.24, 2.45) is 0 Å². The number of ether oxygens (including phenoxy) is 5. The summed E-state index contributed by atoms with van der Waals surface area (Å²) in [7, 11) is 0. The molecule has 0 bridgehead atoms. The fraction of sp³-hybridized carbons (Fsp3) is 0.529. The van der Waals surface area contributed by atoms with E-state index in [1.54, 1.807) is 6.08 Å². The second kappa shape index (κ2) is 8.61. The van der Waals surface area contributed by atoms with Crippen LogP contribution in [0, 0.1) is 0 Å². The van der Waals surface area contributed by atoms with Crippen molar-refractivity contribution in [2.75, 3.05) is 6.61 Å². The van der Waals surface area contributed by atoms with Gasteiger partial charge in [0.15, 0.2) is 18.3 Å². The number of cyclic esters (lactones) is 1. The first-order valence-electron chi connectivity index (χ1n) is 7.96. The van der Waals surface area contributed by atoms with Gasteiger partial charge in [-0.3, -0.25) is 14.4 Å². The molecular weight excluding hydrogens is 348 g/mol. The van der Waals surface area contributed by atoms with Crippen LogP contribution in [0.4, 0.5) is 0 Å². The van der Waals surface area contributed by atoms with Crippen molar-refractivity contribution in [1.29, 1.82) is 0 Å². The molecule has 0 N–H and O–H groups in total. The standard InChI is InChI=1S/C17H20O9/c1-9(18)22-8-12(23-10(2)19)4-5-14-16(25-14)17-13(24-11(3)20)6-7-15(21)26-17/h4-7,12-14,16-17H,8H2,1-3H3/b5-4+/t12-,13+,14+,16+,17+/m1/s1. The third kappa shape index (κ3) is 5.99. The minimum absolute atomic E-state index is 0.125. The molecule has 0 aromatic rings. The van der Waals surface area contributed by atoms with E-state index in [4.69, 9.17) is 23.7 Å². The zero-order chi connectivity index (χ0) is 19.3. The van der Waals surface area contributed by atoms with Gasteiger partial charge in [0.1, 0.15) is 18.8 Å². The Balaban J connectivity index is 1.96. The van der Waals surface area contributed by atoms with E-state index < -0.39 is 54.4 Å². The maximum Gasteiger partial charge on any atom is 0.331 e. The van der Waals surface area contributed by atoms with Crippen LogP contribution in [-0.2, 0) is 42.9 Å². The molecule has 2 rings (SSSR count). The average Bonchev–Trinajstić information content (AvgIpc) is 3.30. The highest BCUT2D eigenvalue weighted by atomic mass is 16.6. The fourth-order valence-corrected chi connectivity index (χ4v) is 2.41. The molecule has 0 aromatic carbocycles. The van der Waals surface area contributed by atoms with Crippen LogP contribution in [-0.4, -0.2) is 61.0 Å². The second-order valence-corrected chi connectivity index (χ2v) is 5.74. The number of rotatable bonds is 7. The molecular formula is C17H20O9. The van der Waals surface area contributed by atoms with E-state index in [1.165, 1.54) is 39.0 Å². The highest BCUT2D eigenvalue weighted by molar-refractivity contribution is 5.83. The number of carbonyl (C=O) groups excluding carboxylic acids is 4. The summed E-state index contributed by atoms with van der Waals surface area (Å²) in [4.78, 5) is 44.6. The predicted octanol–water partition coefficient (Wildman–Crippen LogP) is 0.218. The summed E-state index contributed by atoms with van der Waals surface area (Å²) in [5.74, 6) is -2.08. The molecule has 142 valence electrons. The highest BCUT2D eigenvalue weighted by Crippen LogP contribution is 2.33. The van der Waals surface area contributed by atoms with Crippen molar-refractivity contribution in [1.82, 2.24) is 0 Å². The minimum Gasteiger partial charge on any atom is -0.462 e. The van der Waals surface area contributed by atoms with E-state index in [0.29, 0.717) is 0 Å². The topological polar surface area (TPSA) is 118 Å². The largest absolute Gasteiger partial charge is 0.462 e. The molecule has 0 spiro atoms. The molecule has 0 aromatic heterocycles. The summed E-state index contributed by atoms with van der Waals surface area (Å²) in [6.45, 7) is 3.61. The van der Waals surface area contributed by atoms with Crippen LogP contribution in [0.2, 0.25) is 0 Å². The van der Waals surface area contributed by atoms with Crippen molar-refractivity contribution in [3.8, 4) is 0 Å². The van der Waals surface area contributed by atoms with Gasteiger partial charge in [-0.15, -0.1) is 0 Å². The summed E-state index contributed by atoms with van der Waals surface area (Å²) in [6.07, 6.45) is 2.57. The summed E-state index contributed by atoms with van der Waals surface area (Å²) in [6, 6.07) is 0. The van der Waals surface area contributed by atoms with Crippen LogP contribution < -0.4 is 0 Å². The van der Waals surface area contributed by atoms with E-state index in [0.717, 1.165) is 0 Å². The average molecular weight is 368 g/mol. The normalized spacial score (nSPS) is 28.2. The molecule has 9 heteroatoms. The van der Waals surface area contributed by atoms with Crippen molar-refractivity contribution >= 4 is 23.9 Å². The Kier molecular flexibility index (Phi) is 6.51. The van der Waals surface area contributed by atoms with Gasteiger partial charge in [-0.25, -0.2) is 4.79 Å². The van der Waals surface area contributed by atoms with Crippen LogP contribution >= 0.6 is 0 Å². The van der Waals surface area contributed by atoms with Crippen LogP contribution in [0.15, 0.2) is 24.3 Å². The van der Waals surface area contributed by atoms with Gasteiger partial charge < -0.3 is 23.7 Å². The van der Waals surface area contributed by atoms with Gasteiger partial charge in [0, 0.05) is 26.8 Å². The van der Waals surface area contributed by atoms with Crippen LogP contribution in [0.5, 0.6) is 0 Å². The maximum absolute atomic E-state index is 11.5. The van der Waals surface area contributed by atoms with Crippen molar-refractivity contribution < 1.29 is 42.9 Å². The van der Waals surface area contributed by atoms with E-state index in [2.05, 4.69) is 0 Å². The summed E-state index contributed by atoms with van der Waals surface area (Å²) in [5.41, 5.74) is 0. The molecule has 2 aliphatic rings. The molecule has 0 saturated carbocycles. The smallest absolute Gasteiger partial charge is 0.331 e. The Bertz CT molecular complexity index is 636. The number of esters is 4. The van der Waals surface area contributed by atoms with Crippen LogP contribution in [0.3, 0.4) is 0 Å². The Morgan fingerprint density at radius 2 is 1.88 bits per heavy atom. The molecule has 1 fully saturated rings. The van der Waals surface area contributed by atoms with E-state index >= 15 is 0 Å². The molecule has 5 atom stereocenters. The van der Waals surface area contributed by atoms with E-state index in [9.17, 15) is 19.2 Å². The first-order valence-corrected chi connectivity index (χ1v) is 7.96. The van der Waals surface area contributed by atoms with Gasteiger partial charge in [-0.1, -0.05) is 6.08 Å². The minimum atomic E-state index is -0.772. The fourth-order valence-electron chi connectivity index (χ4n) is 2.41. The second-order valence-electron chi connectivity index (χ2n) is 5.74. The first kappa shape index (κ1) is 19.6. The zero-order valence-electron chi connectivity index (χ0n) is 14.6. The van der Waals surface area contributed by atoms with Gasteiger partial charge >= 0.3 is 23.9 Å². The quantitative estimate of drug-likeness (QED) is 0.269. The Hall–Kier alpha value is -2.68. The lowest BCUT2D eigenvalue weighted by Crippen LogP contribution is -2.40. The lowest BCUT2D eigenvalue weighted by Gasteiger charge is -2.25. The molecule has 9 nitrogen and oxygen atoms in total. The SMILES string of the molecule is CC(=O)OC[C@@H](/C=C/[C@@H]1O[C@@H]1[C@H]1OC(=O)C=C[C@@H]1OC(C)=O)OC(C)=O. The Labute approximate surface area is 149 Å². The number of hydrogen-bond donors (Lipinski definition) is 0. The van der Waals surface area contributed by atoms with Crippen LogP contribution in [0.25, 0.3) is 0 Å². The molecule has 1 saturated heterocycles. The summed E-state index contributed by atoms with van der Waals surface area (Å²) < 4.78 is 25.6. The number of epoxide rings is 1. The van der Waals surface area contributed by atoms with E-state index in [-0.39, 0.29) is 6.61 Å². The van der Waals surface area contributed by atoms with Gasteiger partial charge in [0.2, 0.25) is 0 Å². The Morgan fingerprint density at radius 3 is 2.50 bits per heavy atom. The van der Waals surface area contributed by atoms with Crippen molar-refractivity contribution in [3.05, 3.63) is 24.3 Å². The summed E-state index contributed by atoms with van der Waals surface area (Å²) in [5, 5.41) is 0. The first-order chi connectivity index (χ1) is 12.3. The third-order valence-electron chi connectivity index (χ3n) is 3.47. The monoisotopic (exact) mass is 368 g/mol.